The third kappa shape index (κ3) is 4.86. The zero-order valence-corrected chi connectivity index (χ0v) is 17.9. The number of carbonyl (C=O) groups is 1. The van der Waals surface area contributed by atoms with Crippen LogP contribution < -0.4 is 9.64 Å². The Morgan fingerprint density at radius 2 is 1.97 bits per heavy atom. The summed E-state index contributed by atoms with van der Waals surface area (Å²) in [5.41, 5.74) is 1.38. The number of nitriles is 1. The van der Waals surface area contributed by atoms with Crippen LogP contribution in [0.25, 0.3) is 11.4 Å². The van der Waals surface area contributed by atoms with Crippen molar-refractivity contribution in [2.75, 3.05) is 37.7 Å². The monoisotopic (exact) mass is 432 g/mol. The number of pyridine rings is 1. The Kier molecular flexibility index (Phi) is 6.60. The summed E-state index contributed by atoms with van der Waals surface area (Å²) in [6.45, 7) is 4.99. The molecular weight excluding hydrogens is 408 g/mol. The van der Waals surface area contributed by atoms with Gasteiger partial charge in [-0.1, -0.05) is 5.16 Å². The Balaban J connectivity index is 1.28. The maximum Gasteiger partial charge on any atom is 0.227 e. The van der Waals surface area contributed by atoms with Crippen LogP contribution in [-0.2, 0) is 11.2 Å². The van der Waals surface area contributed by atoms with Crippen molar-refractivity contribution >= 4 is 11.7 Å². The van der Waals surface area contributed by atoms with Crippen molar-refractivity contribution in [1.29, 1.82) is 5.26 Å². The summed E-state index contributed by atoms with van der Waals surface area (Å²) in [6, 6.07) is 13.2. The summed E-state index contributed by atoms with van der Waals surface area (Å²) in [7, 11) is 0. The molecule has 9 nitrogen and oxygen atoms in total. The number of nitrogens with zero attached hydrogens (tertiary/aromatic N) is 6. The molecule has 164 valence electrons. The molecule has 1 amide bonds. The summed E-state index contributed by atoms with van der Waals surface area (Å²) in [5.74, 6) is 2.44. The van der Waals surface area contributed by atoms with Crippen LogP contribution in [-0.4, -0.2) is 58.7 Å². The zero-order chi connectivity index (χ0) is 22.3. The van der Waals surface area contributed by atoms with Gasteiger partial charge >= 0.3 is 0 Å². The molecule has 0 atom stereocenters. The molecule has 0 unspecified atom stereocenters. The minimum atomic E-state index is 0.0481. The van der Waals surface area contributed by atoms with E-state index in [4.69, 9.17) is 9.26 Å². The molecule has 0 spiro atoms. The number of ether oxygens (including phenoxy) is 1. The second-order valence-electron chi connectivity index (χ2n) is 7.32. The number of rotatable bonds is 7. The van der Waals surface area contributed by atoms with Crippen LogP contribution in [0.15, 0.2) is 47.1 Å². The van der Waals surface area contributed by atoms with Gasteiger partial charge in [0.1, 0.15) is 17.6 Å². The molecule has 3 heterocycles. The van der Waals surface area contributed by atoms with Crippen molar-refractivity contribution in [3.63, 3.8) is 0 Å². The van der Waals surface area contributed by atoms with Crippen LogP contribution in [0.1, 0.15) is 24.8 Å². The molecular formula is C23H24N6O3. The van der Waals surface area contributed by atoms with Crippen molar-refractivity contribution < 1.29 is 14.1 Å². The quantitative estimate of drug-likeness (QED) is 0.561. The van der Waals surface area contributed by atoms with Crippen LogP contribution in [0.4, 0.5) is 5.82 Å². The summed E-state index contributed by atoms with van der Waals surface area (Å²) in [4.78, 5) is 25.3. The maximum absolute atomic E-state index is 12.6. The summed E-state index contributed by atoms with van der Waals surface area (Å²) < 4.78 is 10.8. The number of benzene rings is 1. The predicted octanol–water partition coefficient (Wildman–Crippen LogP) is 2.68. The SMILES string of the molecule is CCOc1ccc(-c2noc(CCC(=O)N3CCN(c4ncccc4C#N)CC3)n2)cc1. The van der Waals surface area contributed by atoms with Crippen LogP contribution in [0.2, 0.25) is 0 Å². The van der Waals surface area contributed by atoms with E-state index in [-0.39, 0.29) is 5.91 Å². The third-order valence-electron chi connectivity index (χ3n) is 5.28. The third-order valence-corrected chi connectivity index (χ3v) is 5.28. The molecule has 1 aliphatic rings. The highest BCUT2D eigenvalue weighted by molar-refractivity contribution is 5.76. The molecule has 32 heavy (non-hydrogen) atoms. The largest absolute Gasteiger partial charge is 0.494 e. The van der Waals surface area contributed by atoms with Crippen molar-refractivity contribution in [2.45, 2.75) is 19.8 Å². The second kappa shape index (κ2) is 9.92. The molecule has 9 heteroatoms. The van der Waals surface area contributed by atoms with E-state index in [0.29, 0.717) is 68.7 Å². The lowest BCUT2D eigenvalue weighted by atomic mass is 10.2. The van der Waals surface area contributed by atoms with Crippen LogP contribution in [0, 0.1) is 11.3 Å². The number of aromatic nitrogens is 3. The molecule has 0 radical (unpaired) electrons. The molecule has 2 aromatic heterocycles. The summed E-state index contributed by atoms with van der Waals surface area (Å²) in [5, 5.41) is 13.3. The van der Waals surface area contributed by atoms with Crippen molar-refractivity contribution in [2.24, 2.45) is 0 Å². The van der Waals surface area contributed by atoms with Gasteiger partial charge in [-0.05, 0) is 43.3 Å². The second-order valence-corrected chi connectivity index (χ2v) is 7.32. The van der Waals surface area contributed by atoms with Gasteiger partial charge in [0.25, 0.3) is 0 Å². The molecule has 0 saturated carbocycles. The van der Waals surface area contributed by atoms with E-state index in [1.54, 1.807) is 18.3 Å². The minimum Gasteiger partial charge on any atom is -0.494 e. The molecule has 3 aromatic rings. The fraction of sp³-hybridized carbons (Fsp3) is 0.348. The molecule has 0 N–H and O–H groups in total. The van der Waals surface area contributed by atoms with E-state index < -0.39 is 0 Å². The van der Waals surface area contributed by atoms with E-state index >= 15 is 0 Å². The lowest BCUT2D eigenvalue weighted by molar-refractivity contribution is -0.131. The first-order valence-corrected chi connectivity index (χ1v) is 10.6. The predicted molar refractivity (Wildman–Crippen MR) is 117 cm³/mol. The number of anilines is 1. The lowest BCUT2D eigenvalue weighted by Gasteiger charge is -2.35. The topological polar surface area (TPSA) is 108 Å². The van der Waals surface area contributed by atoms with Crippen LogP contribution >= 0.6 is 0 Å². The normalized spacial score (nSPS) is 13.6. The average molecular weight is 432 g/mol. The Morgan fingerprint density at radius 3 is 2.69 bits per heavy atom. The Hall–Kier alpha value is -3.93. The first-order chi connectivity index (χ1) is 15.7. The molecule has 0 aliphatic carbocycles. The van der Waals surface area contributed by atoms with Gasteiger partial charge in [0.05, 0.1) is 12.2 Å². The molecule has 0 bridgehead atoms. The van der Waals surface area contributed by atoms with Crippen molar-refractivity contribution in [1.82, 2.24) is 20.0 Å². The zero-order valence-electron chi connectivity index (χ0n) is 17.9. The van der Waals surface area contributed by atoms with E-state index in [0.717, 1.165) is 11.3 Å². The Morgan fingerprint density at radius 1 is 1.19 bits per heavy atom. The number of carbonyl (C=O) groups excluding carboxylic acids is 1. The summed E-state index contributed by atoms with van der Waals surface area (Å²) in [6.07, 6.45) is 2.37. The maximum atomic E-state index is 12.6. The highest BCUT2D eigenvalue weighted by Crippen LogP contribution is 2.21. The van der Waals surface area contributed by atoms with Crippen molar-refractivity contribution in [3.05, 3.63) is 54.0 Å². The molecule has 1 aromatic carbocycles. The first kappa shape index (κ1) is 21.3. The molecule has 1 saturated heterocycles. The fourth-order valence-corrected chi connectivity index (χ4v) is 3.62. The van der Waals surface area contributed by atoms with Gasteiger partial charge in [-0.3, -0.25) is 4.79 Å². The van der Waals surface area contributed by atoms with Gasteiger partial charge in [0, 0.05) is 50.8 Å². The Labute approximate surface area is 186 Å². The van der Waals surface area contributed by atoms with E-state index in [9.17, 15) is 10.1 Å². The average Bonchev–Trinajstić information content (AvgIpc) is 3.32. The number of amides is 1. The number of hydrogen-bond acceptors (Lipinski definition) is 8. The molecule has 1 fully saturated rings. The highest BCUT2D eigenvalue weighted by Gasteiger charge is 2.23. The summed E-state index contributed by atoms with van der Waals surface area (Å²) >= 11 is 0. The van der Waals surface area contributed by atoms with Gasteiger partial charge in [0.15, 0.2) is 0 Å². The highest BCUT2D eigenvalue weighted by atomic mass is 16.5. The number of piperazine rings is 1. The van der Waals surface area contributed by atoms with Crippen LogP contribution in [0.5, 0.6) is 5.75 Å². The first-order valence-electron chi connectivity index (χ1n) is 10.6. The lowest BCUT2D eigenvalue weighted by Crippen LogP contribution is -2.49. The fourth-order valence-electron chi connectivity index (χ4n) is 3.62. The molecule has 4 rings (SSSR count). The number of hydrogen-bond donors (Lipinski definition) is 0. The van der Waals surface area contributed by atoms with Crippen molar-refractivity contribution in [3.8, 4) is 23.2 Å². The van der Waals surface area contributed by atoms with Gasteiger partial charge in [-0.2, -0.15) is 10.2 Å². The van der Waals surface area contributed by atoms with Gasteiger partial charge in [-0.25, -0.2) is 4.98 Å². The van der Waals surface area contributed by atoms with E-state index in [1.807, 2.05) is 41.0 Å². The Bertz CT molecular complexity index is 1100. The van der Waals surface area contributed by atoms with E-state index in [2.05, 4.69) is 21.2 Å². The van der Waals surface area contributed by atoms with Gasteiger partial charge < -0.3 is 19.1 Å². The standard InChI is InChI=1S/C23H24N6O3/c1-2-31-19-7-5-17(6-8-19)22-26-20(32-27-22)9-10-21(30)28-12-14-29(15-13-28)23-18(16-24)4-3-11-25-23/h3-8,11H,2,9-10,12-15H2,1H3. The minimum absolute atomic E-state index is 0.0481. The van der Waals surface area contributed by atoms with E-state index in [1.165, 1.54) is 0 Å². The number of aryl methyl sites for hydroxylation is 1. The smallest absolute Gasteiger partial charge is 0.227 e. The molecule has 1 aliphatic heterocycles. The van der Waals surface area contributed by atoms with Gasteiger partial charge in [-0.15, -0.1) is 0 Å². The van der Waals surface area contributed by atoms with Gasteiger partial charge in [0.2, 0.25) is 17.6 Å². The van der Waals surface area contributed by atoms with Crippen LogP contribution in [0.3, 0.4) is 0 Å².